The summed E-state index contributed by atoms with van der Waals surface area (Å²) < 4.78 is 15.0. The van der Waals surface area contributed by atoms with Crippen molar-refractivity contribution >= 4 is 5.82 Å². The van der Waals surface area contributed by atoms with Crippen molar-refractivity contribution in [2.24, 2.45) is 13.0 Å². The molecule has 2 N–H and O–H groups in total. The number of nitrogen functional groups attached to an aromatic ring is 1. The number of nitrogens with two attached hydrogens (primary N) is 1. The van der Waals surface area contributed by atoms with Crippen LogP contribution in [-0.4, -0.2) is 9.78 Å². The molecule has 0 unspecified atom stereocenters. The van der Waals surface area contributed by atoms with Crippen LogP contribution in [0.25, 0.3) is 11.1 Å². The molecule has 1 saturated carbocycles. The molecule has 18 heavy (non-hydrogen) atoms. The number of benzene rings is 1. The molecule has 1 fully saturated rings. The Hall–Kier alpha value is -1.84. The molecule has 0 radical (unpaired) electrons. The first-order valence-corrected chi connectivity index (χ1v) is 6.22. The second kappa shape index (κ2) is 4.12. The van der Waals surface area contributed by atoms with Crippen molar-refractivity contribution < 1.29 is 4.39 Å². The van der Waals surface area contributed by atoms with Gasteiger partial charge in [0.1, 0.15) is 11.6 Å². The fraction of sp³-hybridized carbons (Fsp3) is 0.357. The lowest BCUT2D eigenvalue weighted by Gasteiger charge is -2.04. The summed E-state index contributed by atoms with van der Waals surface area (Å²) in [6.07, 6.45) is 3.47. The highest BCUT2D eigenvalue weighted by molar-refractivity contribution is 5.76. The topological polar surface area (TPSA) is 43.8 Å². The summed E-state index contributed by atoms with van der Waals surface area (Å²) in [6, 6.07) is 6.55. The SMILES string of the molecule is Cn1nc(CC2CC2)c(-c2cccc(F)c2)c1N. The van der Waals surface area contributed by atoms with Gasteiger partial charge in [-0.25, -0.2) is 4.39 Å². The van der Waals surface area contributed by atoms with Crippen LogP contribution >= 0.6 is 0 Å². The molecule has 0 atom stereocenters. The molecule has 0 spiro atoms. The zero-order chi connectivity index (χ0) is 12.7. The van der Waals surface area contributed by atoms with Gasteiger partial charge in [0.05, 0.1) is 5.69 Å². The summed E-state index contributed by atoms with van der Waals surface area (Å²) in [6.45, 7) is 0. The third-order valence-electron chi connectivity index (χ3n) is 3.46. The zero-order valence-electron chi connectivity index (χ0n) is 10.4. The van der Waals surface area contributed by atoms with Crippen molar-refractivity contribution in [2.45, 2.75) is 19.3 Å². The third kappa shape index (κ3) is 1.98. The standard InChI is InChI=1S/C14H16FN3/c1-18-14(16)13(10-3-2-4-11(15)8-10)12(17-18)7-9-5-6-9/h2-4,8-9H,5-7,16H2,1H3. The van der Waals surface area contributed by atoms with Gasteiger partial charge in [0.15, 0.2) is 0 Å². The van der Waals surface area contributed by atoms with E-state index in [0.29, 0.717) is 5.82 Å². The number of aromatic nitrogens is 2. The van der Waals surface area contributed by atoms with E-state index in [9.17, 15) is 4.39 Å². The maximum absolute atomic E-state index is 13.3. The molecule has 2 aromatic rings. The van der Waals surface area contributed by atoms with E-state index in [4.69, 9.17) is 5.73 Å². The smallest absolute Gasteiger partial charge is 0.129 e. The van der Waals surface area contributed by atoms with Crippen LogP contribution < -0.4 is 5.73 Å². The van der Waals surface area contributed by atoms with Crippen LogP contribution in [0.5, 0.6) is 0 Å². The number of hydrogen-bond donors (Lipinski definition) is 1. The molecule has 0 saturated heterocycles. The van der Waals surface area contributed by atoms with E-state index in [1.807, 2.05) is 13.1 Å². The van der Waals surface area contributed by atoms with Gasteiger partial charge in [-0.15, -0.1) is 0 Å². The van der Waals surface area contributed by atoms with Gasteiger partial charge in [-0.2, -0.15) is 5.10 Å². The van der Waals surface area contributed by atoms with Crippen LogP contribution in [0, 0.1) is 11.7 Å². The second-order valence-electron chi connectivity index (χ2n) is 4.99. The molecule has 94 valence electrons. The Bertz CT molecular complexity index is 585. The Kier molecular flexibility index (Phi) is 2.58. The minimum atomic E-state index is -0.242. The molecule has 0 amide bonds. The predicted molar refractivity (Wildman–Crippen MR) is 69.4 cm³/mol. The summed E-state index contributed by atoms with van der Waals surface area (Å²) in [5, 5.41) is 4.47. The van der Waals surface area contributed by atoms with Gasteiger partial charge in [-0.3, -0.25) is 4.68 Å². The molecule has 0 aliphatic heterocycles. The quantitative estimate of drug-likeness (QED) is 0.903. The molecule has 1 aliphatic rings. The van der Waals surface area contributed by atoms with Crippen molar-refractivity contribution in [1.29, 1.82) is 0 Å². The zero-order valence-corrected chi connectivity index (χ0v) is 10.4. The fourth-order valence-corrected chi connectivity index (χ4v) is 2.29. The summed E-state index contributed by atoms with van der Waals surface area (Å²) in [4.78, 5) is 0. The molecule has 1 aromatic heterocycles. The second-order valence-corrected chi connectivity index (χ2v) is 4.99. The highest BCUT2D eigenvalue weighted by Crippen LogP contribution is 2.37. The van der Waals surface area contributed by atoms with Crippen LogP contribution in [0.1, 0.15) is 18.5 Å². The highest BCUT2D eigenvalue weighted by atomic mass is 19.1. The first-order valence-electron chi connectivity index (χ1n) is 6.22. The minimum absolute atomic E-state index is 0.242. The third-order valence-corrected chi connectivity index (χ3v) is 3.46. The van der Waals surface area contributed by atoms with Crippen molar-refractivity contribution in [3.63, 3.8) is 0 Å². The van der Waals surface area contributed by atoms with Gasteiger partial charge in [0.2, 0.25) is 0 Å². The van der Waals surface area contributed by atoms with E-state index in [1.54, 1.807) is 10.7 Å². The summed E-state index contributed by atoms with van der Waals surface area (Å²) in [5.74, 6) is 1.09. The maximum Gasteiger partial charge on any atom is 0.129 e. The van der Waals surface area contributed by atoms with E-state index in [-0.39, 0.29) is 5.82 Å². The molecule has 1 aliphatic carbocycles. The van der Waals surface area contributed by atoms with E-state index in [1.165, 1.54) is 25.0 Å². The number of anilines is 1. The summed E-state index contributed by atoms with van der Waals surface area (Å²) in [5.41, 5.74) is 8.76. The molecule has 4 heteroatoms. The Balaban J connectivity index is 2.08. The molecule has 3 nitrogen and oxygen atoms in total. The lowest BCUT2D eigenvalue weighted by Crippen LogP contribution is -1.98. The Morgan fingerprint density at radius 2 is 2.22 bits per heavy atom. The number of nitrogens with zero attached hydrogens (tertiary/aromatic N) is 2. The van der Waals surface area contributed by atoms with Gasteiger partial charge < -0.3 is 5.73 Å². The number of rotatable bonds is 3. The van der Waals surface area contributed by atoms with Crippen LogP contribution in [0.3, 0.4) is 0 Å². The molecule has 0 bridgehead atoms. The number of halogens is 1. The number of hydrogen-bond acceptors (Lipinski definition) is 2. The van der Waals surface area contributed by atoms with E-state index in [2.05, 4.69) is 5.10 Å². The molecule has 1 heterocycles. The van der Waals surface area contributed by atoms with Gasteiger partial charge in [0.25, 0.3) is 0 Å². The van der Waals surface area contributed by atoms with Crippen LogP contribution in [0.2, 0.25) is 0 Å². The molecule has 1 aromatic carbocycles. The Morgan fingerprint density at radius 3 is 2.89 bits per heavy atom. The largest absolute Gasteiger partial charge is 0.383 e. The van der Waals surface area contributed by atoms with Gasteiger partial charge in [-0.05, 0) is 42.9 Å². The predicted octanol–water partition coefficient (Wildman–Crippen LogP) is 2.76. The normalized spacial score (nSPS) is 15.0. The Labute approximate surface area is 105 Å². The van der Waals surface area contributed by atoms with Crippen LogP contribution in [0.15, 0.2) is 24.3 Å². The van der Waals surface area contributed by atoms with Crippen molar-refractivity contribution in [3.8, 4) is 11.1 Å². The van der Waals surface area contributed by atoms with Crippen molar-refractivity contribution in [3.05, 3.63) is 35.8 Å². The lowest BCUT2D eigenvalue weighted by molar-refractivity contribution is 0.628. The maximum atomic E-state index is 13.3. The average Bonchev–Trinajstić information content (AvgIpc) is 3.08. The lowest BCUT2D eigenvalue weighted by atomic mass is 10.0. The van der Waals surface area contributed by atoms with E-state index >= 15 is 0 Å². The summed E-state index contributed by atoms with van der Waals surface area (Å²) in [7, 11) is 1.83. The molecular weight excluding hydrogens is 229 g/mol. The molecular formula is C14H16FN3. The summed E-state index contributed by atoms with van der Waals surface area (Å²) >= 11 is 0. The minimum Gasteiger partial charge on any atom is -0.383 e. The first kappa shape index (κ1) is 11.3. The number of aryl methyl sites for hydroxylation is 1. The van der Waals surface area contributed by atoms with Gasteiger partial charge >= 0.3 is 0 Å². The van der Waals surface area contributed by atoms with Crippen LogP contribution in [-0.2, 0) is 13.5 Å². The first-order chi connectivity index (χ1) is 8.65. The van der Waals surface area contributed by atoms with Gasteiger partial charge in [-0.1, -0.05) is 12.1 Å². The van der Waals surface area contributed by atoms with Crippen LogP contribution in [0.4, 0.5) is 10.2 Å². The fourth-order valence-electron chi connectivity index (χ4n) is 2.29. The highest BCUT2D eigenvalue weighted by Gasteiger charge is 2.26. The average molecular weight is 245 g/mol. The Morgan fingerprint density at radius 1 is 1.44 bits per heavy atom. The molecule has 3 rings (SSSR count). The van der Waals surface area contributed by atoms with Gasteiger partial charge in [0, 0.05) is 12.6 Å². The van der Waals surface area contributed by atoms with Crippen molar-refractivity contribution in [2.75, 3.05) is 5.73 Å². The van der Waals surface area contributed by atoms with E-state index in [0.717, 1.165) is 29.2 Å². The monoisotopic (exact) mass is 245 g/mol. The van der Waals surface area contributed by atoms with E-state index < -0.39 is 0 Å². The van der Waals surface area contributed by atoms with Crippen molar-refractivity contribution in [1.82, 2.24) is 9.78 Å².